The highest BCUT2D eigenvalue weighted by molar-refractivity contribution is 7.89. The lowest BCUT2D eigenvalue weighted by molar-refractivity contribution is 0.595. The van der Waals surface area contributed by atoms with Crippen LogP contribution < -0.4 is 11.1 Å². The Labute approximate surface area is 170 Å². The van der Waals surface area contributed by atoms with Gasteiger partial charge < -0.3 is 11.1 Å². The van der Waals surface area contributed by atoms with Crippen molar-refractivity contribution in [3.63, 3.8) is 0 Å². The van der Waals surface area contributed by atoms with Crippen molar-refractivity contribution in [1.29, 1.82) is 0 Å². The van der Waals surface area contributed by atoms with Crippen molar-refractivity contribution < 1.29 is 8.42 Å². The lowest BCUT2D eigenvalue weighted by Crippen LogP contribution is -2.07. The van der Waals surface area contributed by atoms with Gasteiger partial charge in [-0.2, -0.15) is 4.98 Å². The van der Waals surface area contributed by atoms with Gasteiger partial charge >= 0.3 is 0 Å². The minimum Gasteiger partial charge on any atom is -0.368 e. The van der Waals surface area contributed by atoms with Crippen molar-refractivity contribution in [3.8, 4) is 11.1 Å². The van der Waals surface area contributed by atoms with Crippen molar-refractivity contribution in [3.05, 3.63) is 52.6 Å². The Morgan fingerprint density at radius 2 is 1.86 bits per heavy atom. The van der Waals surface area contributed by atoms with E-state index < -0.39 is 10.0 Å². The Morgan fingerprint density at radius 1 is 1.14 bits per heavy atom. The third kappa shape index (κ3) is 3.39. The molecular formula is C17H14Cl2N6O2S. The lowest BCUT2D eigenvalue weighted by Gasteiger charge is -2.11. The van der Waals surface area contributed by atoms with E-state index in [-0.39, 0.29) is 5.95 Å². The molecule has 0 saturated carbocycles. The molecule has 144 valence electrons. The molecular weight excluding hydrogens is 423 g/mol. The minimum absolute atomic E-state index is 0.186. The summed E-state index contributed by atoms with van der Waals surface area (Å²) in [6, 6.07) is 10.5. The van der Waals surface area contributed by atoms with Crippen molar-refractivity contribution in [2.24, 2.45) is 0 Å². The molecule has 0 spiro atoms. The fourth-order valence-electron chi connectivity index (χ4n) is 2.94. The number of aromatic amines is 1. The summed E-state index contributed by atoms with van der Waals surface area (Å²) in [5.41, 5.74) is 8.09. The van der Waals surface area contributed by atoms with Crippen LogP contribution >= 0.6 is 23.2 Å². The predicted molar refractivity (Wildman–Crippen MR) is 112 cm³/mol. The molecule has 0 aliphatic carbocycles. The van der Waals surface area contributed by atoms with Crippen LogP contribution in [0.15, 0.2) is 42.6 Å². The molecule has 0 fully saturated rings. The van der Waals surface area contributed by atoms with Gasteiger partial charge in [-0.3, -0.25) is 0 Å². The predicted octanol–water partition coefficient (Wildman–Crippen LogP) is 3.87. The first-order valence-corrected chi connectivity index (χ1v) is 10.6. The Balaban J connectivity index is 1.74. The van der Waals surface area contributed by atoms with Crippen molar-refractivity contribution >= 4 is 61.7 Å². The molecule has 4 rings (SSSR count). The first kappa shape index (κ1) is 18.6. The van der Waals surface area contributed by atoms with Crippen LogP contribution in [0.4, 0.5) is 17.6 Å². The van der Waals surface area contributed by atoms with Crippen LogP contribution in [-0.4, -0.2) is 33.8 Å². The number of anilines is 3. The van der Waals surface area contributed by atoms with Crippen LogP contribution in [0.2, 0.25) is 10.0 Å². The summed E-state index contributed by atoms with van der Waals surface area (Å²) in [4.78, 5) is 3.96. The van der Waals surface area contributed by atoms with Crippen molar-refractivity contribution in [2.75, 3.05) is 17.3 Å². The topological polar surface area (TPSA) is 119 Å². The second-order valence-electron chi connectivity index (χ2n) is 6.13. The number of nitrogen functional groups attached to an aromatic ring is 1. The molecule has 0 amide bonds. The zero-order valence-corrected chi connectivity index (χ0v) is 16.8. The standard InChI is InChI=1S/C17H14Cl2N6O2S/c1-28(26,27)25-5-4-9-6-10(2-3-14(9)25)15-12(18)7-11(8-13(15)19)21-17-22-16(20)23-24-17/h2-8H,1H3,(H4,20,21,22,23,24). The summed E-state index contributed by atoms with van der Waals surface area (Å²) >= 11 is 12.9. The zero-order valence-electron chi connectivity index (χ0n) is 14.4. The zero-order chi connectivity index (χ0) is 20.1. The van der Waals surface area contributed by atoms with Crippen molar-refractivity contribution in [2.45, 2.75) is 0 Å². The third-order valence-corrected chi connectivity index (χ3v) is 5.73. The smallest absolute Gasteiger partial charge is 0.248 e. The molecule has 0 bridgehead atoms. The van der Waals surface area contributed by atoms with Crippen molar-refractivity contribution in [1.82, 2.24) is 19.2 Å². The number of rotatable bonds is 4. The van der Waals surface area contributed by atoms with Crippen LogP contribution in [0.3, 0.4) is 0 Å². The van der Waals surface area contributed by atoms with Gasteiger partial charge in [-0.1, -0.05) is 29.3 Å². The van der Waals surface area contributed by atoms with E-state index in [1.807, 2.05) is 6.07 Å². The summed E-state index contributed by atoms with van der Waals surface area (Å²) in [5, 5.41) is 11.0. The van der Waals surface area contributed by atoms with Gasteiger partial charge in [0.1, 0.15) is 0 Å². The number of fused-ring (bicyclic) bond motifs is 1. The highest BCUT2D eigenvalue weighted by Gasteiger charge is 2.15. The third-order valence-electron chi connectivity index (χ3n) is 4.10. The second kappa shape index (κ2) is 6.69. The summed E-state index contributed by atoms with van der Waals surface area (Å²) in [6.45, 7) is 0. The van der Waals surface area contributed by atoms with Gasteiger partial charge in [0.15, 0.2) is 0 Å². The van der Waals surface area contributed by atoms with Gasteiger partial charge in [0.25, 0.3) is 0 Å². The van der Waals surface area contributed by atoms with Crippen LogP contribution in [0.1, 0.15) is 0 Å². The average molecular weight is 437 g/mol. The fourth-order valence-corrected chi connectivity index (χ4v) is 4.45. The summed E-state index contributed by atoms with van der Waals surface area (Å²) in [6.07, 6.45) is 2.67. The van der Waals surface area contributed by atoms with Gasteiger partial charge in [0, 0.05) is 22.8 Å². The van der Waals surface area contributed by atoms with E-state index in [4.69, 9.17) is 28.9 Å². The molecule has 0 saturated heterocycles. The molecule has 4 N–H and O–H groups in total. The largest absolute Gasteiger partial charge is 0.368 e. The summed E-state index contributed by atoms with van der Waals surface area (Å²) in [7, 11) is -3.38. The quantitative estimate of drug-likeness (QED) is 0.446. The number of nitrogens with one attached hydrogen (secondary N) is 2. The maximum absolute atomic E-state index is 11.9. The van der Waals surface area contributed by atoms with E-state index in [9.17, 15) is 8.42 Å². The number of H-pyrrole nitrogens is 1. The summed E-state index contributed by atoms with van der Waals surface area (Å²) < 4.78 is 24.9. The Bertz CT molecular complexity index is 1290. The van der Waals surface area contributed by atoms with Crippen LogP contribution in [-0.2, 0) is 10.0 Å². The number of aromatic nitrogens is 4. The number of nitrogens with two attached hydrogens (primary N) is 1. The first-order valence-electron chi connectivity index (χ1n) is 7.98. The van der Waals surface area contributed by atoms with E-state index in [1.165, 1.54) is 10.2 Å². The Morgan fingerprint density at radius 3 is 2.46 bits per heavy atom. The molecule has 2 heterocycles. The van der Waals surface area contributed by atoms with Gasteiger partial charge in [0.2, 0.25) is 21.9 Å². The molecule has 28 heavy (non-hydrogen) atoms. The van der Waals surface area contributed by atoms with Crippen LogP contribution in [0.25, 0.3) is 22.0 Å². The number of benzene rings is 2. The van der Waals surface area contributed by atoms with Gasteiger partial charge in [-0.15, -0.1) is 5.10 Å². The van der Waals surface area contributed by atoms with Gasteiger partial charge in [-0.05, 0) is 35.9 Å². The molecule has 2 aromatic carbocycles. The average Bonchev–Trinajstić information content (AvgIpc) is 3.19. The van der Waals surface area contributed by atoms with E-state index in [1.54, 1.807) is 30.3 Å². The molecule has 0 aliphatic rings. The molecule has 0 radical (unpaired) electrons. The van der Waals surface area contributed by atoms with E-state index in [0.717, 1.165) is 17.2 Å². The van der Waals surface area contributed by atoms with Gasteiger partial charge in [-0.25, -0.2) is 17.5 Å². The minimum atomic E-state index is -3.38. The fraction of sp³-hybridized carbons (Fsp3) is 0.0588. The molecule has 8 nitrogen and oxygen atoms in total. The van der Waals surface area contributed by atoms with E-state index in [0.29, 0.717) is 32.8 Å². The number of halogens is 2. The van der Waals surface area contributed by atoms with Crippen LogP contribution in [0, 0.1) is 0 Å². The SMILES string of the molecule is CS(=O)(=O)n1ccc2cc(-c3c(Cl)cc(Nc4n[nH]c(N)n4)cc3Cl)ccc21. The highest BCUT2D eigenvalue weighted by Crippen LogP contribution is 2.39. The lowest BCUT2D eigenvalue weighted by atomic mass is 10.0. The second-order valence-corrected chi connectivity index (χ2v) is 8.81. The molecule has 11 heteroatoms. The maximum Gasteiger partial charge on any atom is 0.248 e. The first-order chi connectivity index (χ1) is 13.2. The summed E-state index contributed by atoms with van der Waals surface area (Å²) in [5.74, 6) is 0.478. The monoisotopic (exact) mass is 436 g/mol. The highest BCUT2D eigenvalue weighted by atomic mass is 35.5. The van der Waals surface area contributed by atoms with Gasteiger partial charge in [0.05, 0.1) is 21.8 Å². The normalized spacial score (nSPS) is 11.8. The molecule has 0 atom stereocenters. The van der Waals surface area contributed by atoms with E-state index >= 15 is 0 Å². The molecule has 2 aromatic heterocycles. The van der Waals surface area contributed by atoms with E-state index in [2.05, 4.69) is 20.5 Å². The molecule has 0 aliphatic heterocycles. The molecule has 0 unspecified atom stereocenters. The Hall–Kier alpha value is -2.75. The number of hydrogen-bond acceptors (Lipinski definition) is 6. The van der Waals surface area contributed by atoms with Crippen LogP contribution in [0.5, 0.6) is 0 Å². The Kier molecular flexibility index (Phi) is 4.45. The maximum atomic E-state index is 11.9. The number of hydrogen-bond donors (Lipinski definition) is 3. The molecule has 4 aromatic rings. The number of nitrogens with zero attached hydrogens (tertiary/aromatic N) is 3.